The average molecular weight is 561 g/mol. The Balaban J connectivity index is 0.000000189. The number of aromatic hydroxyl groups is 5. The van der Waals surface area contributed by atoms with Crippen molar-refractivity contribution in [3.05, 3.63) is 92.0 Å². The minimum Gasteiger partial charge on any atom is -0.508 e. The molecule has 0 fully saturated rings. The Kier molecular flexibility index (Phi) is 7.95. The van der Waals surface area contributed by atoms with E-state index in [-0.39, 0.29) is 50.4 Å². The fourth-order valence-electron chi connectivity index (χ4n) is 4.17. The summed E-state index contributed by atoms with van der Waals surface area (Å²) in [4.78, 5) is 24.1. The highest BCUT2D eigenvalue weighted by Crippen LogP contribution is 2.36. The Bertz CT molecular complexity index is 1930. The van der Waals surface area contributed by atoms with Crippen molar-refractivity contribution >= 4 is 21.9 Å². The van der Waals surface area contributed by atoms with Gasteiger partial charge in [0, 0.05) is 29.3 Å². The summed E-state index contributed by atoms with van der Waals surface area (Å²) in [5, 5.41) is 48.5. The SMILES string of the molecule is COc1cc(O)c2c(=O)cc(C)oc2c1CC=C(C)C.O=c1c(O)c(-c2ccc(O)c(O)c2)oc2cc(O)ccc12. The lowest BCUT2D eigenvalue weighted by atomic mass is 10.0. The molecule has 5 aromatic rings. The van der Waals surface area contributed by atoms with E-state index in [1.165, 1.54) is 49.6 Å². The molecule has 0 unspecified atom stereocenters. The maximum absolute atomic E-state index is 12.1. The topological polar surface area (TPSA) is 171 Å². The molecule has 0 bridgehead atoms. The highest BCUT2D eigenvalue weighted by molar-refractivity contribution is 5.88. The molecule has 5 rings (SSSR count). The molecule has 0 aliphatic carbocycles. The number of phenols is 4. The van der Waals surface area contributed by atoms with E-state index in [2.05, 4.69) is 0 Å². The predicted molar refractivity (Wildman–Crippen MR) is 153 cm³/mol. The van der Waals surface area contributed by atoms with Crippen LogP contribution in [0, 0.1) is 6.92 Å². The molecule has 0 aliphatic rings. The van der Waals surface area contributed by atoms with Crippen molar-refractivity contribution in [3.63, 3.8) is 0 Å². The smallest absolute Gasteiger partial charge is 0.235 e. The summed E-state index contributed by atoms with van der Waals surface area (Å²) in [6.45, 7) is 5.70. The number of hydrogen-bond acceptors (Lipinski definition) is 10. The van der Waals surface area contributed by atoms with Gasteiger partial charge >= 0.3 is 0 Å². The molecule has 0 saturated heterocycles. The van der Waals surface area contributed by atoms with Gasteiger partial charge < -0.3 is 39.1 Å². The summed E-state index contributed by atoms with van der Waals surface area (Å²) >= 11 is 0. The van der Waals surface area contributed by atoms with E-state index in [0.29, 0.717) is 23.5 Å². The first kappa shape index (κ1) is 28.6. The minimum absolute atomic E-state index is 0.0872. The monoisotopic (exact) mass is 560 g/mol. The Labute approximate surface area is 233 Å². The van der Waals surface area contributed by atoms with Gasteiger partial charge in [0.05, 0.1) is 12.5 Å². The van der Waals surface area contributed by atoms with Gasteiger partial charge in [0.25, 0.3) is 0 Å². The summed E-state index contributed by atoms with van der Waals surface area (Å²) < 4.78 is 16.4. The van der Waals surface area contributed by atoms with Crippen LogP contribution in [0.3, 0.4) is 0 Å². The van der Waals surface area contributed by atoms with Gasteiger partial charge in [-0.3, -0.25) is 9.59 Å². The van der Waals surface area contributed by atoms with Crippen LogP contribution in [0.1, 0.15) is 25.2 Å². The highest BCUT2D eigenvalue weighted by Gasteiger charge is 2.18. The summed E-state index contributed by atoms with van der Waals surface area (Å²) in [6, 6.07) is 10.5. The summed E-state index contributed by atoms with van der Waals surface area (Å²) in [7, 11) is 1.53. The minimum atomic E-state index is -0.654. The number of aryl methyl sites for hydroxylation is 1. The molecular formula is C31H28O10. The molecule has 0 radical (unpaired) electrons. The molecule has 0 aliphatic heterocycles. The van der Waals surface area contributed by atoms with Crippen LogP contribution in [-0.2, 0) is 6.42 Å². The van der Waals surface area contributed by atoms with Crippen LogP contribution in [0.25, 0.3) is 33.3 Å². The number of methoxy groups -OCH3 is 1. The normalized spacial score (nSPS) is 10.7. The first-order chi connectivity index (χ1) is 19.4. The number of benzene rings is 3. The van der Waals surface area contributed by atoms with Crippen molar-refractivity contribution in [2.75, 3.05) is 7.11 Å². The second-order valence-electron chi connectivity index (χ2n) is 9.48. The van der Waals surface area contributed by atoms with E-state index in [1.54, 1.807) is 6.92 Å². The van der Waals surface area contributed by atoms with Crippen LogP contribution in [-0.4, -0.2) is 32.6 Å². The van der Waals surface area contributed by atoms with Crippen molar-refractivity contribution < 1.29 is 39.1 Å². The summed E-state index contributed by atoms with van der Waals surface area (Å²) in [6.07, 6.45) is 2.60. The zero-order valence-corrected chi connectivity index (χ0v) is 22.7. The van der Waals surface area contributed by atoms with Gasteiger partial charge in [0.15, 0.2) is 22.7 Å². The van der Waals surface area contributed by atoms with Gasteiger partial charge in [-0.05, 0) is 57.5 Å². The molecule has 212 valence electrons. The largest absolute Gasteiger partial charge is 0.508 e. The molecule has 0 amide bonds. The van der Waals surface area contributed by atoms with E-state index in [4.69, 9.17) is 13.6 Å². The fourth-order valence-corrected chi connectivity index (χ4v) is 4.17. The van der Waals surface area contributed by atoms with Crippen LogP contribution >= 0.6 is 0 Å². The van der Waals surface area contributed by atoms with Crippen LogP contribution < -0.4 is 15.6 Å². The number of rotatable bonds is 4. The molecule has 0 saturated carbocycles. The second-order valence-corrected chi connectivity index (χ2v) is 9.48. The summed E-state index contributed by atoms with van der Waals surface area (Å²) in [5.74, 6) is -0.700. The molecule has 2 heterocycles. The van der Waals surface area contributed by atoms with E-state index < -0.39 is 16.9 Å². The lowest BCUT2D eigenvalue weighted by Crippen LogP contribution is -2.04. The maximum Gasteiger partial charge on any atom is 0.235 e. The Morgan fingerprint density at radius 1 is 0.878 bits per heavy atom. The fraction of sp³-hybridized carbons (Fsp3) is 0.161. The van der Waals surface area contributed by atoms with E-state index in [0.717, 1.165) is 17.2 Å². The maximum atomic E-state index is 12.1. The third kappa shape index (κ3) is 5.81. The molecule has 0 atom stereocenters. The Morgan fingerprint density at radius 2 is 1.61 bits per heavy atom. The first-order valence-corrected chi connectivity index (χ1v) is 12.4. The average Bonchev–Trinajstić information content (AvgIpc) is 2.91. The van der Waals surface area contributed by atoms with E-state index in [1.807, 2.05) is 19.9 Å². The van der Waals surface area contributed by atoms with Gasteiger partial charge in [-0.15, -0.1) is 0 Å². The Hall–Kier alpha value is -5.38. The van der Waals surface area contributed by atoms with Crippen molar-refractivity contribution in [2.45, 2.75) is 27.2 Å². The molecular weight excluding hydrogens is 532 g/mol. The lowest BCUT2D eigenvalue weighted by Gasteiger charge is -2.11. The third-order valence-corrected chi connectivity index (χ3v) is 6.19. The van der Waals surface area contributed by atoms with E-state index >= 15 is 0 Å². The van der Waals surface area contributed by atoms with Crippen molar-refractivity contribution in [2.24, 2.45) is 0 Å². The quantitative estimate of drug-likeness (QED) is 0.137. The van der Waals surface area contributed by atoms with E-state index in [9.17, 15) is 35.1 Å². The Morgan fingerprint density at radius 3 is 2.27 bits per heavy atom. The van der Waals surface area contributed by atoms with Crippen molar-refractivity contribution in [1.82, 2.24) is 0 Å². The predicted octanol–water partition coefficient (Wildman–Crippen LogP) is 5.61. The summed E-state index contributed by atoms with van der Waals surface area (Å²) in [5.41, 5.74) is 1.72. The zero-order chi connectivity index (χ0) is 30.0. The molecule has 41 heavy (non-hydrogen) atoms. The molecule has 0 spiro atoms. The lowest BCUT2D eigenvalue weighted by molar-refractivity contribution is 0.403. The van der Waals surface area contributed by atoms with Crippen LogP contribution in [0.15, 0.2) is 78.6 Å². The van der Waals surface area contributed by atoms with Crippen molar-refractivity contribution in [3.8, 4) is 45.8 Å². The highest BCUT2D eigenvalue weighted by atomic mass is 16.5. The zero-order valence-electron chi connectivity index (χ0n) is 22.7. The number of phenolic OH excluding ortho intramolecular Hbond substituents is 4. The second kappa shape index (κ2) is 11.4. The number of ether oxygens (including phenoxy) is 1. The van der Waals surface area contributed by atoms with Crippen LogP contribution in [0.4, 0.5) is 0 Å². The van der Waals surface area contributed by atoms with Gasteiger partial charge in [-0.1, -0.05) is 11.6 Å². The van der Waals surface area contributed by atoms with Gasteiger partial charge in [0.1, 0.15) is 39.6 Å². The molecule has 2 aromatic heterocycles. The number of hydrogen-bond donors (Lipinski definition) is 5. The molecule has 3 aromatic carbocycles. The molecule has 10 heteroatoms. The molecule has 5 N–H and O–H groups in total. The van der Waals surface area contributed by atoms with Crippen LogP contribution in [0.2, 0.25) is 0 Å². The van der Waals surface area contributed by atoms with Gasteiger partial charge in [0.2, 0.25) is 11.2 Å². The van der Waals surface area contributed by atoms with Crippen LogP contribution in [0.5, 0.6) is 34.5 Å². The molecule has 10 nitrogen and oxygen atoms in total. The third-order valence-electron chi connectivity index (χ3n) is 6.19. The number of allylic oxidation sites excluding steroid dienone is 2. The number of fused-ring (bicyclic) bond motifs is 2. The van der Waals surface area contributed by atoms with Gasteiger partial charge in [-0.2, -0.15) is 0 Å². The standard InChI is InChI=1S/C16H18O4.C15H10O6/c1-9(2)5-6-11-14(19-4)8-13(18)15-12(17)7-10(3)20-16(11)15;16-8-2-3-9-12(6-8)21-15(14(20)13(9)19)7-1-4-10(17)11(18)5-7/h5,7-8,18H,6H2,1-4H3;1-6,16-18,20H. The van der Waals surface area contributed by atoms with Gasteiger partial charge in [-0.25, -0.2) is 0 Å². The van der Waals surface area contributed by atoms with Crippen molar-refractivity contribution in [1.29, 1.82) is 0 Å². The first-order valence-electron chi connectivity index (χ1n) is 12.4.